The van der Waals surface area contributed by atoms with E-state index in [-0.39, 0.29) is 45.7 Å². The lowest BCUT2D eigenvalue weighted by atomic mass is 9.84. The first-order valence-electron chi connectivity index (χ1n) is 17.5. The maximum Gasteiger partial charge on any atom is 0.143 e. The molecule has 0 fully saturated rings. The van der Waals surface area contributed by atoms with Crippen molar-refractivity contribution in [1.82, 2.24) is 0 Å². The molecule has 0 bridgehead atoms. The minimum atomic E-state index is -0.432. The largest absolute Gasteiger partial charge is 0.455 e. The molecule has 0 radical (unpaired) electrons. The molecule has 1 nitrogen and oxygen atoms in total. The Morgan fingerprint density at radius 2 is 1.00 bits per heavy atom. The molecular weight excluding hydrogens is 496 g/mol. The van der Waals surface area contributed by atoms with Crippen molar-refractivity contribution in [1.29, 1.82) is 0 Å². The highest BCUT2D eigenvalue weighted by atomic mass is 16.3. The van der Waals surface area contributed by atoms with Crippen molar-refractivity contribution in [3.05, 3.63) is 145 Å². The second-order valence-corrected chi connectivity index (χ2v) is 10.2. The zero-order chi connectivity index (χ0) is 33.9. The fraction of sp³-hybridized carbons (Fsp3) is 0. The molecule has 0 N–H and O–H groups in total. The molecule has 0 saturated heterocycles. The summed E-state index contributed by atoms with van der Waals surface area (Å²) in [5.74, 6) is 0. The van der Waals surface area contributed by atoms with Crippen molar-refractivity contribution in [3.8, 4) is 22.3 Å². The number of benzene rings is 8. The summed E-state index contributed by atoms with van der Waals surface area (Å²) in [6, 6.07) is 27.7. The van der Waals surface area contributed by atoms with Crippen LogP contribution in [0.3, 0.4) is 0 Å². The second kappa shape index (κ2) is 8.55. The average Bonchev–Trinajstić information content (AvgIpc) is 3.54. The van der Waals surface area contributed by atoms with Crippen LogP contribution in [0.2, 0.25) is 0 Å². The second-order valence-electron chi connectivity index (χ2n) is 10.2. The topological polar surface area (TPSA) is 13.1 Å². The van der Waals surface area contributed by atoms with Gasteiger partial charge in [-0.3, -0.25) is 0 Å². The van der Waals surface area contributed by atoms with Gasteiger partial charge in [0, 0.05) is 21.5 Å². The Balaban J connectivity index is 1.65. The van der Waals surface area contributed by atoms with Gasteiger partial charge in [-0.2, -0.15) is 0 Å². The summed E-state index contributed by atoms with van der Waals surface area (Å²) in [5.41, 5.74) is 2.98. The molecule has 0 unspecified atom stereocenters. The van der Waals surface area contributed by atoms with Gasteiger partial charge in [0.1, 0.15) is 11.2 Å². The third-order valence-corrected chi connectivity index (χ3v) is 8.06. The summed E-state index contributed by atoms with van der Waals surface area (Å²) >= 11 is 0. The normalized spacial score (nSPS) is 14.6. The molecule has 0 atom stereocenters. The van der Waals surface area contributed by atoms with Crippen LogP contribution < -0.4 is 0 Å². The van der Waals surface area contributed by atoms with E-state index in [4.69, 9.17) is 9.90 Å². The van der Waals surface area contributed by atoms with Gasteiger partial charge in [0.15, 0.2) is 0 Å². The molecule has 0 saturated carbocycles. The number of fused-ring (bicyclic) bond motifs is 9. The van der Waals surface area contributed by atoms with Crippen molar-refractivity contribution in [3.63, 3.8) is 0 Å². The standard InChI is InChI=1S/C40H24O/c1-2-13-26(14-3-1)36-30-18-8-10-20-32(30)37(33-21-11-9-19-31(33)36)35-24-27-15-5-7-17-29(27)40-38(35)34-23-22-25-12-4-6-16-28(25)39(34)41-40/h1-24H/i8D,9D,10D,11D,18D,19D,20D,21D. The van der Waals surface area contributed by atoms with Crippen molar-refractivity contribution in [2.45, 2.75) is 0 Å². The first-order valence-corrected chi connectivity index (χ1v) is 13.5. The maximum absolute atomic E-state index is 9.37. The molecule has 1 heterocycles. The van der Waals surface area contributed by atoms with Crippen LogP contribution in [0.5, 0.6) is 0 Å². The van der Waals surface area contributed by atoms with E-state index >= 15 is 0 Å². The summed E-state index contributed by atoms with van der Waals surface area (Å²) < 4.78 is 79.0. The molecule has 8 aromatic carbocycles. The van der Waals surface area contributed by atoms with Crippen molar-refractivity contribution in [2.75, 3.05) is 0 Å². The highest BCUT2D eigenvalue weighted by Crippen LogP contribution is 2.49. The van der Waals surface area contributed by atoms with Crippen LogP contribution in [0.1, 0.15) is 11.0 Å². The summed E-state index contributed by atoms with van der Waals surface area (Å²) in [6.07, 6.45) is 0. The van der Waals surface area contributed by atoms with Gasteiger partial charge in [-0.25, -0.2) is 0 Å². The van der Waals surface area contributed by atoms with Gasteiger partial charge in [0.2, 0.25) is 0 Å². The third kappa shape index (κ3) is 3.18. The van der Waals surface area contributed by atoms with Crippen LogP contribution in [0.25, 0.3) is 87.3 Å². The molecule has 0 aliphatic rings. The molecule has 9 rings (SSSR count). The lowest BCUT2D eigenvalue weighted by Crippen LogP contribution is -1.91. The average molecular weight is 529 g/mol. The number of furan rings is 1. The fourth-order valence-electron chi connectivity index (χ4n) is 6.32. The predicted octanol–water partition coefficient (Wildman–Crippen LogP) is 11.5. The number of hydrogen-bond donors (Lipinski definition) is 0. The van der Waals surface area contributed by atoms with E-state index in [0.29, 0.717) is 38.8 Å². The Kier molecular flexibility index (Phi) is 3.34. The smallest absolute Gasteiger partial charge is 0.143 e. The van der Waals surface area contributed by atoms with Crippen LogP contribution >= 0.6 is 0 Å². The van der Waals surface area contributed by atoms with Crippen LogP contribution in [0.15, 0.2) is 150 Å². The highest BCUT2D eigenvalue weighted by Gasteiger charge is 2.22. The molecular formula is C40H24O. The van der Waals surface area contributed by atoms with Crippen LogP contribution in [0, 0.1) is 0 Å². The maximum atomic E-state index is 9.37. The Labute approximate surface area is 248 Å². The monoisotopic (exact) mass is 528 g/mol. The third-order valence-electron chi connectivity index (χ3n) is 8.06. The SMILES string of the molecule is [2H]c1c([2H])c([2H])c2c(-c3cc4ccccc4c4oc5c6ccccc6ccc5c34)c3c([2H])c([2H])c([2H])c([2H])c3c(-c3ccccc3)c2c1[2H]. The number of rotatable bonds is 2. The van der Waals surface area contributed by atoms with Gasteiger partial charge in [-0.1, -0.05) is 133 Å². The summed E-state index contributed by atoms with van der Waals surface area (Å²) in [6.45, 7) is 0. The Hall–Kier alpha value is -5.40. The molecule has 1 heteroatoms. The Bertz CT molecular complexity index is 2830. The highest BCUT2D eigenvalue weighted by molar-refractivity contribution is 6.30. The van der Waals surface area contributed by atoms with Crippen LogP contribution in [-0.2, 0) is 0 Å². The minimum Gasteiger partial charge on any atom is -0.455 e. The van der Waals surface area contributed by atoms with E-state index in [1.165, 1.54) is 0 Å². The Morgan fingerprint density at radius 1 is 0.439 bits per heavy atom. The first-order chi connectivity index (χ1) is 23.7. The van der Waals surface area contributed by atoms with E-state index in [1.807, 2.05) is 72.8 Å². The zero-order valence-electron chi connectivity index (χ0n) is 29.6. The van der Waals surface area contributed by atoms with E-state index in [1.54, 1.807) is 24.3 Å². The van der Waals surface area contributed by atoms with Crippen molar-refractivity contribution in [2.24, 2.45) is 0 Å². The molecule has 0 amide bonds. The van der Waals surface area contributed by atoms with Gasteiger partial charge < -0.3 is 4.42 Å². The van der Waals surface area contributed by atoms with E-state index in [9.17, 15) is 5.48 Å². The van der Waals surface area contributed by atoms with Crippen molar-refractivity contribution >= 4 is 65.0 Å². The zero-order valence-corrected chi connectivity index (χ0v) is 21.6. The summed E-state index contributed by atoms with van der Waals surface area (Å²) in [5, 5.41) is 5.74. The van der Waals surface area contributed by atoms with Gasteiger partial charge in [0.05, 0.1) is 11.0 Å². The fourth-order valence-corrected chi connectivity index (χ4v) is 6.32. The van der Waals surface area contributed by atoms with Gasteiger partial charge >= 0.3 is 0 Å². The van der Waals surface area contributed by atoms with Gasteiger partial charge in [-0.05, 0) is 66.7 Å². The molecule has 0 aliphatic heterocycles. The number of hydrogen-bond acceptors (Lipinski definition) is 1. The summed E-state index contributed by atoms with van der Waals surface area (Å²) in [4.78, 5) is 0. The summed E-state index contributed by atoms with van der Waals surface area (Å²) in [7, 11) is 0. The van der Waals surface area contributed by atoms with E-state index < -0.39 is 24.2 Å². The molecule has 41 heavy (non-hydrogen) atoms. The predicted molar refractivity (Wildman–Crippen MR) is 175 cm³/mol. The lowest BCUT2D eigenvalue weighted by molar-refractivity contribution is 0.676. The molecule has 190 valence electrons. The van der Waals surface area contributed by atoms with Crippen LogP contribution in [-0.4, -0.2) is 0 Å². The van der Waals surface area contributed by atoms with Crippen molar-refractivity contribution < 1.29 is 15.4 Å². The molecule has 9 aromatic rings. The molecule has 1 aromatic heterocycles. The first kappa shape index (κ1) is 16.0. The lowest BCUT2D eigenvalue weighted by Gasteiger charge is -2.18. The van der Waals surface area contributed by atoms with E-state index in [2.05, 4.69) is 0 Å². The van der Waals surface area contributed by atoms with Gasteiger partial charge in [0.25, 0.3) is 0 Å². The van der Waals surface area contributed by atoms with E-state index in [0.717, 1.165) is 26.9 Å². The minimum absolute atomic E-state index is 0.175. The van der Waals surface area contributed by atoms with Gasteiger partial charge in [-0.15, -0.1) is 0 Å². The van der Waals surface area contributed by atoms with Crippen LogP contribution in [0.4, 0.5) is 0 Å². The molecule has 0 aliphatic carbocycles. The molecule has 0 spiro atoms. The Morgan fingerprint density at radius 3 is 1.68 bits per heavy atom. The quantitative estimate of drug-likeness (QED) is 0.203.